The fourth-order valence-corrected chi connectivity index (χ4v) is 3.04. The van der Waals surface area contributed by atoms with Crippen molar-refractivity contribution in [3.05, 3.63) is 32.6 Å². The van der Waals surface area contributed by atoms with Crippen molar-refractivity contribution in [1.29, 1.82) is 0 Å². The minimum absolute atomic E-state index is 0.544. The van der Waals surface area contributed by atoms with E-state index in [1.54, 1.807) is 11.3 Å². The van der Waals surface area contributed by atoms with Crippen molar-refractivity contribution in [2.24, 2.45) is 0 Å². The number of nitrogens with zero attached hydrogens (tertiary/aromatic N) is 2. The van der Waals surface area contributed by atoms with Gasteiger partial charge in [0.2, 0.25) is 0 Å². The second-order valence-electron chi connectivity index (χ2n) is 3.72. The maximum atomic E-state index is 5.55. The van der Waals surface area contributed by atoms with Crippen LogP contribution >= 0.6 is 27.3 Å². The predicted molar refractivity (Wildman–Crippen MR) is 70.2 cm³/mol. The maximum Gasteiger partial charge on any atom is 0.145 e. The van der Waals surface area contributed by atoms with Gasteiger partial charge in [-0.3, -0.25) is 10.00 Å². The summed E-state index contributed by atoms with van der Waals surface area (Å²) in [6.07, 6.45) is 0. The first-order valence-electron chi connectivity index (χ1n) is 4.84. The summed E-state index contributed by atoms with van der Waals surface area (Å²) in [7, 11) is 2.07. The van der Waals surface area contributed by atoms with Crippen LogP contribution in [0.4, 0.5) is 5.82 Å². The highest BCUT2D eigenvalue weighted by molar-refractivity contribution is 9.10. The van der Waals surface area contributed by atoms with Crippen LogP contribution in [-0.2, 0) is 13.1 Å². The minimum Gasteiger partial charge on any atom is -0.382 e. The second-order valence-corrected chi connectivity index (χ2v) is 5.63. The van der Waals surface area contributed by atoms with Crippen molar-refractivity contribution in [3.63, 3.8) is 0 Å². The van der Waals surface area contributed by atoms with Crippen molar-refractivity contribution in [1.82, 2.24) is 15.1 Å². The van der Waals surface area contributed by atoms with Crippen LogP contribution in [0, 0.1) is 0 Å². The Kier molecular flexibility index (Phi) is 3.63. The smallest absolute Gasteiger partial charge is 0.145 e. The molecule has 0 amide bonds. The number of hydrogen-bond donors (Lipinski definition) is 2. The first-order chi connectivity index (χ1) is 7.63. The molecule has 0 saturated heterocycles. The number of aromatic nitrogens is 2. The third-order valence-electron chi connectivity index (χ3n) is 2.14. The average Bonchev–Trinajstić information content (AvgIpc) is 2.76. The number of halogens is 1. The third-order valence-corrected chi connectivity index (χ3v) is 3.82. The van der Waals surface area contributed by atoms with Gasteiger partial charge in [0.15, 0.2) is 0 Å². The molecular weight excluding hydrogens is 288 g/mol. The van der Waals surface area contributed by atoms with Gasteiger partial charge in [-0.15, -0.1) is 11.3 Å². The van der Waals surface area contributed by atoms with Crippen molar-refractivity contribution in [2.45, 2.75) is 13.1 Å². The molecule has 4 nitrogen and oxygen atoms in total. The molecule has 0 spiro atoms. The molecule has 6 heteroatoms. The summed E-state index contributed by atoms with van der Waals surface area (Å²) in [4.78, 5) is 3.55. The van der Waals surface area contributed by atoms with Gasteiger partial charge in [-0.2, -0.15) is 5.10 Å². The van der Waals surface area contributed by atoms with Gasteiger partial charge in [0, 0.05) is 33.9 Å². The lowest BCUT2D eigenvalue weighted by Gasteiger charge is -2.13. The van der Waals surface area contributed by atoms with Gasteiger partial charge >= 0.3 is 0 Å². The first-order valence-corrected chi connectivity index (χ1v) is 6.52. The van der Waals surface area contributed by atoms with E-state index in [0.717, 1.165) is 23.3 Å². The number of nitrogens with two attached hydrogens (primary N) is 1. The predicted octanol–water partition coefficient (Wildman–Crippen LogP) is 2.45. The molecule has 0 aliphatic rings. The SMILES string of the molecule is CN(Cc1cc(N)n[nH]1)Cc1cc(Br)cs1. The number of anilines is 1. The summed E-state index contributed by atoms with van der Waals surface area (Å²) in [5, 5.41) is 8.90. The quantitative estimate of drug-likeness (QED) is 0.912. The molecule has 0 saturated carbocycles. The lowest BCUT2D eigenvalue weighted by molar-refractivity contribution is 0.318. The lowest BCUT2D eigenvalue weighted by Crippen LogP contribution is -2.16. The van der Waals surface area contributed by atoms with Gasteiger partial charge in [0.25, 0.3) is 0 Å². The van der Waals surface area contributed by atoms with Crippen LogP contribution in [0.2, 0.25) is 0 Å². The molecule has 86 valence electrons. The van der Waals surface area contributed by atoms with Crippen molar-refractivity contribution >= 4 is 33.1 Å². The Morgan fingerprint density at radius 1 is 1.50 bits per heavy atom. The Bertz CT molecular complexity index is 423. The Labute approximate surface area is 107 Å². The summed E-state index contributed by atoms with van der Waals surface area (Å²) in [6.45, 7) is 1.74. The highest BCUT2D eigenvalue weighted by Crippen LogP contribution is 2.21. The highest BCUT2D eigenvalue weighted by Gasteiger charge is 2.05. The summed E-state index contributed by atoms with van der Waals surface area (Å²) in [5.41, 5.74) is 6.58. The minimum atomic E-state index is 0.544. The van der Waals surface area contributed by atoms with Crippen LogP contribution in [0.15, 0.2) is 22.0 Å². The van der Waals surface area contributed by atoms with Crippen LogP contribution in [0.5, 0.6) is 0 Å². The molecule has 0 unspecified atom stereocenters. The first kappa shape index (κ1) is 11.6. The molecule has 0 atom stereocenters. The molecule has 0 fully saturated rings. The summed E-state index contributed by atoms with van der Waals surface area (Å²) in [5.74, 6) is 0.544. The Hall–Kier alpha value is -0.850. The van der Waals surface area contributed by atoms with Crippen LogP contribution in [0.25, 0.3) is 0 Å². The van der Waals surface area contributed by atoms with E-state index in [-0.39, 0.29) is 0 Å². The fourth-order valence-electron chi connectivity index (χ4n) is 1.51. The van der Waals surface area contributed by atoms with E-state index in [0.29, 0.717) is 5.82 Å². The number of hydrogen-bond acceptors (Lipinski definition) is 4. The van der Waals surface area contributed by atoms with Gasteiger partial charge in [0.05, 0.1) is 5.69 Å². The number of rotatable bonds is 4. The molecule has 0 aromatic carbocycles. The van der Waals surface area contributed by atoms with Crippen LogP contribution in [0.3, 0.4) is 0 Å². The molecule has 2 aromatic rings. The van der Waals surface area contributed by atoms with Gasteiger partial charge in [-0.1, -0.05) is 0 Å². The van der Waals surface area contributed by atoms with Crippen molar-refractivity contribution in [2.75, 3.05) is 12.8 Å². The van der Waals surface area contributed by atoms with Gasteiger partial charge in [0.1, 0.15) is 5.82 Å². The van der Waals surface area contributed by atoms with E-state index < -0.39 is 0 Å². The fraction of sp³-hybridized carbons (Fsp3) is 0.300. The molecule has 0 aliphatic heterocycles. The zero-order chi connectivity index (χ0) is 11.5. The summed E-state index contributed by atoms with van der Waals surface area (Å²) >= 11 is 5.21. The van der Waals surface area contributed by atoms with Crippen molar-refractivity contribution in [3.8, 4) is 0 Å². The van der Waals surface area contributed by atoms with Gasteiger partial charge < -0.3 is 5.73 Å². The maximum absolute atomic E-state index is 5.55. The average molecular weight is 301 g/mol. The normalized spacial score (nSPS) is 11.2. The number of nitrogen functional groups attached to an aromatic ring is 1. The topological polar surface area (TPSA) is 57.9 Å². The van der Waals surface area contributed by atoms with Gasteiger partial charge in [-0.25, -0.2) is 0 Å². The van der Waals surface area contributed by atoms with Crippen LogP contribution < -0.4 is 5.73 Å². The van der Waals surface area contributed by atoms with E-state index in [2.05, 4.69) is 49.5 Å². The molecule has 2 heterocycles. The van der Waals surface area contributed by atoms with E-state index in [1.807, 2.05) is 6.07 Å². The Morgan fingerprint density at radius 3 is 2.88 bits per heavy atom. The zero-order valence-electron chi connectivity index (χ0n) is 8.90. The van der Waals surface area contributed by atoms with Crippen molar-refractivity contribution < 1.29 is 0 Å². The number of thiophene rings is 1. The molecular formula is C10H13BrN4S. The monoisotopic (exact) mass is 300 g/mol. The highest BCUT2D eigenvalue weighted by atomic mass is 79.9. The number of H-pyrrole nitrogens is 1. The zero-order valence-corrected chi connectivity index (χ0v) is 11.3. The van der Waals surface area contributed by atoms with Crippen LogP contribution in [-0.4, -0.2) is 22.1 Å². The Morgan fingerprint density at radius 2 is 2.31 bits per heavy atom. The largest absolute Gasteiger partial charge is 0.382 e. The Balaban J connectivity index is 1.91. The van der Waals surface area contributed by atoms with E-state index in [4.69, 9.17) is 5.73 Å². The molecule has 0 bridgehead atoms. The summed E-state index contributed by atoms with van der Waals surface area (Å²) < 4.78 is 1.15. The number of nitrogens with one attached hydrogen (secondary N) is 1. The van der Waals surface area contributed by atoms with E-state index in [1.165, 1.54) is 4.88 Å². The summed E-state index contributed by atoms with van der Waals surface area (Å²) in [6, 6.07) is 4.00. The third kappa shape index (κ3) is 3.07. The molecule has 2 aromatic heterocycles. The second kappa shape index (κ2) is 4.99. The lowest BCUT2D eigenvalue weighted by atomic mass is 10.3. The van der Waals surface area contributed by atoms with E-state index in [9.17, 15) is 0 Å². The molecule has 0 aliphatic carbocycles. The molecule has 2 rings (SSSR count). The standard InChI is InChI=1S/C10H13BrN4S/c1-15(4-8-3-10(12)14-13-8)5-9-2-7(11)6-16-9/h2-3,6H,4-5H2,1H3,(H3,12,13,14). The molecule has 3 N–H and O–H groups in total. The molecule has 0 radical (unpaired) electrons. The van der Waals surface area contributed by atoms with Crippen LogP contribution in [0.1, 0.15) is 10.6 Å². The molecule has 16 heavy (non-hydrogen) atoms. The van der Waals surface area contributed by atoms with E-state index >= 15 is 0 Å². The number of aromatic amines is 1. The van der Waals surface area contributed by atoms with Gasteiger partial charge in [-0.05, 0) is 29.0 Å².